The van der Waals surface area contributed by atoms with Crippen LogP contribution in [-0.4, -0.2) is 16.1 Å². The van der Waals surface area contributed by atoms with Crippen molar-refractivity contribution in [3.05, 3.63) is 12.2 Å². The van der Waals surface area contributed by atoms with Gasteiger partial charge in [0, 0.05) is 6.61 Å². The van der Waals surface area contributed by atoms with Crippen LogP contribution in [0.4, 0.5) is 0 Å². The van der Waals surface area contributed by atoms with Gasteiger partial charge >= 0.3 is 0 Å². The number of aliphatic hydroxyl groups excluding tert-OH is 1. The highest BCUT2D eigenvalue weighted by Gasteiger charge is 1.86. The van der Waals surface area contributed by atoms with Crippen LogP contribution in [-0.2, 0) is 0 Å². The summed E-state index contributed by atoms with van der Waals surface area (Å²) in [6, 6.07) is 0. The third-order valence-electron chi connectivity index (χ3n) is 1.72. The molecule has 0 aliphatic rings. The van der Waals surface area contributed by atoms with Gasteiger partial charge in [0.1, 0.15) is 0 Å². The van der Waals surface area contributed by atoms with Crippen molar-refractivity contribution in [2.75, 3.05) is 11.0 Å². The average Bonchev–Trinajstić information content (AvgIpc) is 2.10. The number of aliphatic hydroxyl groups is 1. The fourth-order valence-electron chi connectivity index (χ4n) is 1.02. The van der Waals surface area contributed by atoms with Crippen molar-refractivity contribution in [1.29, 1.82) is 0 Å². The van der Waals surface area contributed by atoms with Crippen molar-refractivity contribution in [3.63, 3.8) is 0 Å². The first-order valence-electron chi connectivity index (χ1n) is 4.73. The van der Waals surface area contributed by atoms with E-state index >= 15 is 0 Å². The lowest BCUT2D eigenvalue weighted by Gasteiger charge is -1.95. The van der Waals surface area contributed by atoms with E-state index in [1.165, 1.54) is 36.5 Å². The molecule has 0 spiro atoms. The van der Waals surface area contributed by atoms with Gasteiger partial charge in [0.05, 0.1) is 0 Å². The largest absolute Gasteiger partial charge is 0.396 e. The lowest BCUT2D eigenvalue weighted by Crippen LogP contribution is -1.78. The molecule has 0 aromatic rings. The highest BCUT2D eigenvalue weighted by atomic mass is 127. The van der Waals surface area contributed by atoms with Crippen molar-refractivity contribution in [2.45, 2.75) is 38.5 Å². The Balaban J connectivity index is 2.90. The number of allylic oxidation sites excluding steroid dienone is 1. The highest BCUT2D eigenvalue weighted by molar-refractivity contribution is 14.1. The number of hydrogen-bond donors (Lipinski definition) is 1. The molecule has 0 rings (SSSR count). The fraction of sp³-hybridized carbons (Fsp3) is 0.800. The number of rotatable bonds is 8. The average molecular weight is 282 g/mol. The Labute approximate surface area is 89.4 Å². The van der Waals surface area contributed by atoms with Crippen molar-refractivity contribution >= 4 is 22.6 Å². The van der Waals surface area contributed by atoms with E-state index in [1.54, 1.807) is 0 Å². The second-order valence-electron chi connectivity index (χ2n) is 2.88. The molecule has 0 heterocycles. The number of hydrogen-bond acceptors (Lipinski definition) is 1. The zero-order chi connectivity index (χ0) is 9.07. The van der Waals surface area contributed by atoms with Crippen LogP contribution < -0.4 is 0 Å². The smallest absolute Gasteiger partial charge is 0.0465 e. The summed E-state index contributed by atoms with van der Waals surface area (Å²) < 4.78 is 1.29. The molecule has 0 bridgehead atoms. The predicted octanol–water partition coefficient (Wildman–Crippen LogP) is 3.31. The van der Waals surface area contributed by atoms with E-state index in [9.17, 15) is 0 Å². The summed E-state index contributed by atoms with van der Waals surface area (Å²) >= 11 is 2.43. The Bertz CT molecular complexity index is 102. The normalized spacial score (nSPS) is 11.2. The van der Waals surface area contributed by atoms with E-state index in [0.29, 0.717) is 0 Å². The van der Waals surface area contributed by atoms with Crippen molar-refractivity contribution in [3.8, 4) is 0 Å². The van der Waals surface area contributed by atoms with E-state index < -0.39 is 0 Å². The van der Waals surface area contributed by atoms with Gasteiger partial charge in [-0.25, -0.2) is 0 Å². The quantitative estimate of drug-likeness (QED) is 0.313. The zero-order valence-corrected chi connectivity index (χ0v) is 9.79. The second-order valence-corrected chi connectivity index (χ2v) is 3.95. The van der Waals surface area contributed by atoms with Crippen LogP contribution in [0.25, 0.3) is 0 Å². The minimum Gasteiger partial charge on any atom is -0.396 e. The molecule has 72 valence electrons. The predicted molar refractivity (Wildman–Crippen MR) is 62.8 cm³/mol. The molecule has 2 heteroatoms. The first kappa shape index (κ1) is 12.4. The van der Waals surface area contributed by atoms with E-state index in [-0.39, 0.29) is 6.61 Å². The maximum Gasteiger partial charge on any atom is 0.0465 e. The maximum absolute atomic E-state index is 8.49. The van der Waals surface area contributed by atoms with Crippen molar-refractivity contribution in [1.82, 2.24) is 0 Å². The molecule has 0 aliphatic carbocycles. The van der Waals surface area contributed by atoms with Crippen LogP contribution in [0.2, 0.25) is 0 Å². The van der Waals surface area contributed by atoms with E-state index in [4.69, 9.17) is 5.11 Å². The Morgan fingerprint density at radius 2 is 1.58 bits per heavy atom. The van der Waals surface area contributed by atoms with Crippen LogP contribution in [0.1, 0.15) is 38.5 Å². The molecule has 0 radical (unpaired) electrons. The van der Waals surface area contributed by atoms with Crippen LogP contribution >= 0.6 is 22.6 Å². The fourth-order valence-corrected chi connectivity index (χ4v) is 1.56. The van der Waals surface area contributed by atoms with Gasteiger partial charge < -0.3 is 5.11 Å². The van der Waals surface area contributed by atoms with Crippen LogP contribution in [0.5, 0.6) is 0 Å². The molecule has 0 amide bonds. The molecule has 0 aliphatic heterocycles. The van der Waals surface area contributed by atoms with Crippen LogP contribution in [0, 0.1) is 0 Å². The molecular weight excluding hydrogens is 263 g/mol. The summed E-state index contributed by atoms with van der Waals surface area (Å²) in [5.41, 5.74) is 0. The Morgan fingerprint density at radius 1 is 0.917 bits per heavy atom. The Kier molecular flexibility index (Phi) is 11.8. The van der Waals surface area contributed by atoms with Crippen LogP contribution in [0.15, 0.2) is 12.2 Å². The monoisotopic (exact) mass is 282 g/mol. The third-order valence-corrected chi connectivity index (χ3v) is 2.48. The topological polar surface area (TPSA) is 20.2 Å². The SMILES string of the molecule is OCC/C=C/CCCCCCI. The summed E-state index contributed by atoms with van der Waals surface area (Å²) in [7, 11) is 0. The van der Waals surface area contributed by atoms with Gasteiger partial charge in [-0.05, 0) is 30.1 Å². The van der Waals surface area contributed by atoms with Crippen LogP contribution in [0.3, 0.4) is 0 Å². The molecule has 1 N–H and O–H groups in total. The Hall–Kier alpha value is 0.430. The molecule has 0 fully saturated rings. The summed E-state index contributed by atoms with van der Waals surface area (Å²) in [6.07, 6.45) is 11.6. The van der Waals surface area contributed by atoms with E-state index in [2.05, 4.69) is 34.7 Å². The summed E-state index contributed by atoms with van der Waals surface area (Å²) in [6.45, 7) is 0.283. The molecule has 0 atom stereocenters. The molecule has 12 heavy (non-hydrogen) atoms. The molecule has 0 aromatic heterocycles. The van der Waals surface area contributed by atoms with E-state index in [0.717, 1.165) is 6.42 Å². The number of halogens is 1. The minimum absolute atomic E-state index is 0.283. The molecule has 0 aromatic carbocycles. The standard InChI is InChI=1S/C10H19IO/c11-9-7-5-3-1-2-4-6-8-10-12/h4,6,12H,1-3,5,7-10H2/b6-4+. The molecular formula is C10H19IO. The molecule has 0 unspecified atom stereocenters. The van der Waals surface area contributed by atoms with Crippen molar-refractivity contribution in [2.24, 2.45) is 0 Å². The summed E-state index contributed by atoms with van der Waals surface area (Å²) in [5, 5.41) is 8.49. The van der Waals surface area contributed by atoms with Crippen molar-refractivity contribution < 1.29 is 5.11 Å². The van der Waals surface area contributed by atoms with Gasteiger partial charge in [0.15, 0.2) is 0 Å². The molecule has 1 nitrogen and oxygen atoms in total. The maximum atomic E-state index is 8.49. The lowest BCUT2D eigenvalue weighted by molar-refractivity contribution is 0.302. The second kappa shape index (κ2) is 11.4. The summed E-state index contributed by atoms with van der Waals surface area (Å²) in [4.78, 5) is 0. The van der Waals surface area contributed by atoms with Gasteiger partial charge in [0.25, 0.3) is 0 Å². The van der Waals surface area contributed by atoms with Gasteiger partial charge in [0.2, 0.25) is 0 Å². The minimum atomic E-state index is 0.283. The van der Waals surface area contributed by atoms with Gasteiger partial charge in [-0.15, -0.1) is 0 Å². The van der Waals surface area contributed by atoms with Gasteiger partial charge in [-0.2, -0.15) is 0 Å². The first-order valence-corrected chi connectivity index (χ1v) is 6.26. The Morgan fingerprint density at radius 3 is 2.25 bits per heavy atom. The molecule has 0 saturated carbocycles. The summed E-state index contributed by atoms with van der Waals surface area (Å²) in [5.74, 6) is 0. The van der Waals surface area contributed by atoms with Gasteiger partial charge in [-0.1, -0.05) is 47.6 Å². The van der Waals surface area contributed by atoms with Gasteiger partial charge in [-0.3, -0.25) is 0 Å². The zero-order valence-electron chi connectivity index (χ0n) is 7.64. The first-order chi connectivity index (χ1) is 5.91. The lowest BCUT2D eigenvalue weighted by atomic mass is 10.1. The van der Waals surface area contributed by atoms with E-state index in [1.807, 2.05) is 0 Å². The molecule has 0 saturated heterocycles. The number of unbranched alkanes of at least 4 members (excludes halogenated alkanes) is 4. The number of alkyl halides is 1. The highest BCUT2D eigenvalue weighted by Crippen LogP contribution is 2.05. The third kappa shape index (κ3) is 10.4.